The molecule has 0 aliphatic rings. The normalized spacial score (nSPS) is 10.4. The molecule has 1 heterocycles. The zero-order valence-electron chi connectivity index (χ0n) is 19.1. The van der Waals surface area contributed by atoms with Crippen LogP contribution in [-0.4, -0.2) is 44.1 Å². The molecule has 0 saturated heterocycles. The molecule has 3 rings (SSSR count). The molecule has 0 atom stereocenters. The van der Waals surface area contributed by atoms with Crippen molar-refractivity contribution in [2.75, 3.05) is 33.8 Å². The molecule has 0 aliphatic carbocycles. The lowest BCUT2D eigenvalue weighted by Crippen LogP contribution is -2.23. The van der Waals surface area contributed by atoms with E-state index < -0.39 is 0 Å². The number of hydrogen-bond donors (Lipinski definition) is 1. The van der Waals surface area contributed by atoms with Crippen molar-refractivity contribution >= 4 is 11.6 Å². The fraction of sp³-hybridized carbons (Fsp3) is 0.292. The predicted molar refractivity (Wildman–Crippen MR) is 124 cm³/mol. The van der Waals surface area contributed by atoms with Gasteiger partial charge in [0.05, 0.1) is 39.8 Å². The maximum atomic E-state index is 12.4. The van der Waals surface area contributed by atoms with Crippen LogP contribution >= 0.6 is 0 Å². The minimum absolute atomic E-state index is 0.203. The number of nitrogens with one attached hydrogen (secondary N) is 1. The lowest BCUT2D eigenvalue weighted by molar-refractivity contribution is -0.116. The van der Waals surface area contributed by atoms with Crippen LogP contribution in [0.2, 0.25) is 0 Å². The third-order valence-electron chi connectivity index (χ3n) is 5.00. The number of benzene rings is 2. The Morgan fingerprint density at radius 3 is 2.30 bits per heavy atom. The third kappa shape index (κ3) is 5.82. The summed E-state index contributed by atoms with van der Waals surface area (Å²) in [5.41, 5.74) is 1.67. The van der Waals surface area contributed by atoms with E-state index in [4.69, 9.17) is 18.9 Å². The standard InChI is InChI=1S/C24H27N3O6/c1-30-17-8-11-20(31-2)19(15-17)25-23(28)6-5-13-27-24(29)12-9-18(26-27)16-7-10-21(32-3)22(14-16)33-4/h7-12,14-15H,5-6,13H2,1-4H3,(H,25,28). The molecular weight excluding hydrogens is 426 g/mol. The first-order valence-corrected chi connectivity index (χ1v) is 10.3. The number of carbonyl (C=O) groups excluding carboxylic acids is 1. The van der Waals surface area contributed by atoms with Crippen LogP contribution in [0, 0.1) is 0 Å². The number of hydrogen-bond acceptors (Lipinski definition) is 7. The number of nitrogens with zero attached hydrogens (tertiary/aromatic N) is 2. The number of rotatable bonds is 10. The molecule has 0 radical (unpaired) electrons. The fourth-order valence-electron chi connectivity index (χ4n) is 3.27. The maximum Gasteiger partial charge on any atom is 0.266 e. The van der Waals surface area contributed by atoms with E-state index >= 15 is 0 Å². The van der Waals surface area contributed by atoms with Gasteiger partial charge in [0.1, 0.15) is 11.5 Å². The lowest BCUT2D eigenvalue weighted by atomic mass is 10.1. The average molecular weight is 453 g/mol. The molecule has 9 nitrogen and oxygen atoms in total. The molecule has 33 heavy (non-hydrogen) atoms. The summed E-state index contributed by atoms with van der Waals surface area (Å²) in [6.07, 6.45) is 0.634. The molecule has 2 aromatic carbocycles. The van der Waals surface area contributed by atoms with Gasteiger partial charge in [-0.25, -0.2) is 4.68 Å². The summed E-state index contributed by atoms with van der Waals surface area (Å²) in [4.78, 5) is 24.7. The van der Waals surface area contributed by atoms with Crippen LogP contribution < -0.4 is 29.8 Å². The summed E-state index contributed by atoms with van der Waals surface area (Å²) in [6, 6.07) is 13.7. The molecular formula is C24H27N3O6. The van der Waals surface area contributed by atoms with Crippen molar-refractivity contribution in [3.63, 3.8) is 0 Å². The molecule has 0 fully saturated rings. The average Bonchev–Trinajstić information content (AvgIpc) is 2.84. The first-order chi connectivity index (χ1) is 16.0. The van der Waals surface area contributed by atoms with E-state index in [1.165, 1.54) is 17.9 Å². The summed E-state index contributed by atoms with van der Waals surface area (Å²) in [5, 5.41) is 7.26. The smallest absolute Gasteiger partial charge is 0.266 e. The van der Waals surface area contributed by atoms with E-state index in [9.17, 15) is 9.59 Å². The number of carbonyl (C=O) groups is 1. The number of ether oxygens (including phenoxy) is 4. The number of amides is 1. The van der Waals surface area contributed by atoms with Crippen LogP contribution in [0.4, 0.5) is 5.69 Å². The van der Waals surface area contributed by atoms with Crippen molar-refractivity contribution in [3.8, 4) is 34.3 Å². The van der Waals surface area contributed by atoms with Crippen LogP contribution in [0.25, 0.3) is 11.3 Å². The van der Waals surface area contributed by atoms with Gasteiger partial charge in [-0.1, -0.05) is 0 Å². The van der Waals surface area contributed by atoms with Gasteiger partial charge in [0, 0.05) is 30.7 Å². The van der Waals surface area contributed by atoms with Gasteiger partial charge in [-0.3, -0.25) is 9.59 Å². The van der Waals surface area contributed by atoms with E-state index in [-0.39, 0.29) is 17.9 Å². The van der Waals surface area contributed by atoms with Gasteiger partial charge in [-0.15, -0.1) is 0 Å². The van der Waals surface area contributed by atoms with Crippen LogP contribution in [0.15, 0.2) is 53.3 Å². The zero-order valence-corrected chi connectivity index (χ0v) is 19.1. The van der Waals surface area contributed by atoms with Crippen LogP contribution in [-0.2, 0) is 11.3 Å². The predicted octanol–water partition coefficient (Wildman–Crippen LogP) is 3.36. The number of anilines is 1. The van der Waals surface area contributed by atoms with Gasteiger partial charge in [-0.2, -0.15) is 5.10 Å². The Morgan fingerprint density at radius 2 is 1.61 bits per heavy atom. The van der Waals surface area contributed by atoms with Gasteiger partial charge in [0.25, 0.3) is 5.56 Å². The fourth-order valence-corrected chi connectivity index (χ4v) is 3.27. The van der Waals surface area contributed by atoms with Crippen LogP contribution in [0.1, 0.15) is 12.8 Å². The Hall–Kier alpha value is -4.01. The van der Waals surface area contributed by atoms with Gasteiger partial charge < -0.3 is 24.3 Å². The van der Waals surface area contributed by atoms with E-state index in [2.05, 4.69) is 10.4 Å². The molecule has 0 unspecified atom stereocenters. The summed E-state index contributed by atoms with van der Waals surface area (Å²) in [6.45, 7) is 0.294. The summed E-state index contributed by atoms with van der Waals surface area (Å²) < 4.78 is 22.4. The van der Waals surface area contributed by atoms with E-state index in [0.717, 1.165) is 5.56 Å². The molecule has 1 N–H and O–H groups in total. The highest BCUT2D eigenvalue weighted by Gasteiger charge is 2.11. The highest BCUT2D eigenvalue weighted by atomic mass is 16.5. The van der Waals surface area contributed by atoms with Gasteiger partial charge >= 0.3 is 0 Å². The van der Waals surface area contributed by atoms with Crippen molar-refractivity contribution in [1.29, 1.82) is 0 Å². The van der Waals surface area contributed by atoms with Gasteiger partial charge in [0.15, 0.2) is 11.5 Å². The van der Waals surface area contributed by atoms with Crippen LogP contribution in [0.5, 0.6) is 23.0 Å². The molecule has 0 aliphatic heterocycles. The van der Waals surface area contributed by atoms with E-state index in [1.54, 1.807) is 57.7 Å². The Balaban J connectivity index is 1.67. The first kappa shape index (κ1) is 23.6. The molecule has 0 bridgehead atoms. The molecule has 174 valence electrons. The third-order valence-corrected chi connectivity index (χ3v) is 5.00. The topological polar surface area (TPSA) is 101 Å². The van der Waals surface area contributed by atoms with E-state index in [1.807, 2.05) is 6.07 Å². The molecule has 0 spiro atoms. The minimum atomic E-state index is -0.242. The Kier molecular flexibility index (Phi) is 7.91. The second kappa shape index (κ2) is 11.0. The largest absolute Gasteiger partial charge is 0.497 e. The van der Waals surface area contributed by atoms with Crippen molar-refractivity contribution < 1.29 is 23.7 Å². The molecule has 9 heteroatoms. The monoisotopic (exact) mass is 453 g/mol. The summed E-state index contributed by atoms with van der Waals surface area (Å²) in [7, 11) is 6.20. The maximum absolute atomic E-state index is 12.4. The van der Waals surface area contributed by atoms with Crippen molar-refractivity contribution in [2.45, 2.75) is 19.4 Å². The second-order valence-corrected chi connectivity index (χ2v) is 7.07. The number of methoxy groups -OCH3 is 4. The highest BCUT2D eigenvalue weighted by Crippen LogP contribution is 2.31. The van der Waals surface area contributed by atoms with Crippen LogP contribution in [0.3, 0.4) is 0 Å². The summed E-state index contributed by atoms with van der Waals surface area (Å²) >= 11 is 0. The first-order valence-electron chi connectivity index (χ1n) is 10.3. The minimum Gasteiger partial charge on any atom is -0.497 e. The molecule has 0 saturated carbocycles. The number of aryl methyl sites for hydroxylation is 1. The van der Waals surface area contributed by atoms with Gasteiger partial charge in [-0.05, 0) is 42.8 Å². The Labute approximate surface area is 191 Å². The van der Waals surface area contributed by atoms with Crippen molar-refractivity contribution in [3.05, 3.63) is 58.9 Å². The quantitative estimate of drug-likeness (QED) is 0.502. The SMILES string of the molecule is COc1ccc(OC)c(NC(=O)CCCn2nc(-c3ccc(OC)c(OC)c3)ccc2=O)c1. The summed E-state index contributed by atoms with van der Waals surface area (Å²) in [5.74, 6) is 2.11. The number of aromatic nitrogens is 2. The Morgan fingerprint density at radius 1 is 0.879 bits per heavy atom. The molecule has 1 aromatic heterocycles. The lowest BCUT2D eigenvalue weighted by Gasteiger charge is -2.12. The van der Waals surface area contributed by atoms with Gasteiger partial charge in [0.2, 0.25) is 5.91 Å². The second-order valence-electron chi connectivity index (χ2n) is 7.07. The van der Waals surface area contributed by atoms with Crippen molar-refractivity contribution in [2.24, 2.45) is 0 Å². The van der Waals surface area contributed by atoms with Crippen molar-refractivity contribution in [1.82, 2.24) is 9.78 Å². The highest BCUT2D eigenvalue weighted by molar-refractivity contribution is 5.92. The Bertz CT molecular complexity index is 1180. The molecule has 3 aromatic rings. The molecule has 1 amide bonds. The zero-order chi connectivity index (χ0) is 23.8. The van der Waals surface area contributed by atoms with E-state index in [0.29, 0.717) is 47.3 Å².